The van der Waals surface area contributed by atoms with Crippen molar-refractivity contribution in [2.24, 2.45) is 5.41 Å². The first-order valence-electron chi connectivity index (χ1n) is 7.34. The summed E-state index contributed by atoms with van der Waals surface area (Å²) in [6.45, 7) is 7.37. The van der Waals surface area contributed by atoms with E-state index in [1.807, 2.05) is 0 Å². The molecule has 0 aromatic heterocycles. The molecule has 20 heavy (non-hydrogen) atoms. The zero-order valence-electron chi connectivity index (χ0n) is 13.0. The van der Waals surface area contributed by atoms with Gasteiger partial charge in [-0.15, -0.1) is 0 Å². The molecule has 0 spiro atoms. The number of carboxylic acid groups (broad SMARTS) is 1. The van der Waals surface area contributed by atoms with Crippen molar-refractivity contribution < 1.29 is 19.4 Å². The second kappa shape index (κ2) is 6.46. The van der Waals surface area contributed by atoms with Gasteiger partial charge in [0.15, 0.2) is 0 Å². The van der Waals surface area contributed by atoms with Crippen LogP contribution in [0.5, 0.6) is 0 Å². The fourth-order valence-corrected chi connectivity index (χ4v) is 2.75. The van der Waals surface area contributed by atoms with Crippen LogP contribution in [0.3, 0.4) is 0 Å². The fraction of sp³-hybridized carbons (Fsp3) is 0.867. The maximum atomic E-state index is 11.7. The highest BCUT2D eigenvalue weighted by Crippen LogP contribution is 2.39. The quantitative estimate of drug-likeness (QED) is 0.830. The number of rotatable bonds is 4. The Balaban J connectivity index is 2.60. The minimum absolute atomic E-state index is 0.00365. The number of carbonyl (C=O) groups excluding carboxylic acids is 1. The van der Waals surface area contributed by atoms with Gasteiger partial charge in [-0.25, -0.2) is 9.59 Å². The molecule has 0 aromatic rings. The van der Waals surface area contributed by atoms with Crippen LogP contribution in [0.1, 0.15) is 66.2 Å². The van der Waals surface area contributed by atoms with Crippen LogP contribution >= 0.6 is 0 Å². The lowest BCUT2D eigenvalue weighted by molar-refractivity contribution is -0.140. The summed E-state index contributed by atoms with van der Waals surface area (Å²) in [5.74, 6) is -0.998. The summed E-state index contributed by atoms with van der Waals surface area (Å²) in [7, 11) is 0. The van der Waals surface area contributed by atoms with E-state index in [0.717, 1.165) is 25.7 Å². The molecule has 0 aliphatic heterocycles. The number of ether oxygens (including phenoxy) is 1. The Morgan fingerprint density at radius 3 is 2.25 bits per heavy atom. The van der Waals surface area contributed by atoms with Gasteiger partial charge in [0.2, 0.25) is 0 Å². The Morgan fingerprint density at radius 2 is 1.80 bits per heavy atom. The van der Waals surface area contributed by atoms with Crippen LogP contribution in [-0.2, 0) is 9.53 Å². The van der Waals surface area contributed by atoms with Crippen molar-refractivity contribution in [2.75, 3.05) is 0 Å². The minimum Gasteiger partial charge on any atom is -0.480 e. The summed E-state index contributed by atoms with van der Waals surface area (Å²) in [6.07, 6.45) is 5.32. The van der Waals surface area contributed by atoms with Crippen molar-refractivity contribution in [3.8, 4) is 0 Å². The monoisotopic (exact) mass is 285 g/mol. The third kappa shape index (κ3) is 5.80. The summed E-state index contributed by atoms with van der Waals surface area (Å²) in [5, 5.41) is 11.8. The van der Waals surface area contributed by atoms with Crippen molar-refractivity contribution in [3.63, 3.8) is 0 Å². The molecule has 1 rings (SSSR count). The van der Waals surface area contributed by atoms with Crippen LogP contribution in [0, 0.1) is 5.41 Å². The molecule has 0 bridgehead atoms. The van der Waals surface area contributed by atoms with Gasteiger partial charge in [0.25, 0.3) is 0 Å². The van der Waals surface area contributed by atoms with E-state index in [9.17, 15) is 14.7 Å². The van der Waals surface area contributed by atoms with E-state index in [1.54, 1.807) is 20.8 Å². The molecule has 0 heterocycles. The molecule has 1 atom stereocenters. The third-order valence-electron chi connectivity index (χ3n) is 3.75. The highest BCUT2D eigenvalue weighted by molar-refractivity contribution is 5.80. The van der Waals surface area contributed by atoms with Crippen LogP contribution in [-0.4, -0.2) is 28.8 Å². The average Bonchev–Trinajstić information content (AvgIpc) is 2.25. The molecule has 0 saturated heterocycles. The second-order valence-corrected chi connectivity index (χ2v) is 7.11. The summed E-state index contributed by atoms with van der Waals surface area (Å²) in [6, 6.07) is -0.882. The molecule has 1 aliphatic rings. The average molecular weight is 285 g/mol. The topological polar surface area (TPSA) is 75.6 Å². The van der Waals surface area contributed by atoms with Gasteiger partial charge in [0.05, 0.1) is 0 Å². The molecule has 1 saturated carbocycles. The molecule has 1 fully saturated rings. The SMILES string of the molecule is CC1(CC(NC(=O)OC(C)(C)C)C(=O)O)CCCCC1. The Morgan fingerprint density at radius 1 is 1.25 bits per heavy atom. The summed E-state index contributed by atoms with van der Waals surface area (Å²) in [4.78, 5) is 23.1. The number of aliphatic carboxylic acids is 1. The standard InChI is InChI=1S/C15H27NO4/c1-14(2,3)20-13(19)16-11(12(17)18)10-15(4)8-6-5-7-9-15/h11H,5-10H2,1-4H3,(H,16,19)(H,17,18). The van der Waals surface area contributed by atoms with Crippen LogP contribution in [0.25, 0.3) is 0 Å². The van der Waals surface area contributed by atoms with Gasteiger partial charge in [-0.3, -0.25) is 0 Å². The van der Waals surface area contributed by atoms with E-state index in [1.165, 1.54) is 6.42 Å². The van der Waals surface area contributed by atoms with Crippen molar-refractivity contribution in [3.05, 3.63) is 0 Å². The van der Waals surface area contributed by atoms with E-state index in [2.05, 4.69) is 12.2 Å². The number of nitrogens with one attached hydrogen (secondary N) is 1. The molecule has 5 nitrogen and oxygen atoms in total. The summed E-state index contributed by atoms with van der Waals surface area (Å²) in [5.41, 5.74) is -0.627. The molecule has 116 valence electrons. The first-order chi connectivity index (χ1) is 9.11. The predicted molar refractivity (Wildman–Crippen MR) is 76.6 cm³/mol. The van der Waals surface area contributed by atoms with E-state index < -0.39 is 23.7 Å². The van der Waals surface area contributed by atoms with Crippen molar-refractivity contribution in [1.29, 1.82) is 0 Å². The number of carboxylic acids is 1. The van der Waals surface area contributed by atoms with Gasteiger partial charge < -0.3 is 15.2 Å². The maximum absolute atomic E-state index is 11.7. The number of carbonyl (C=O) groups is 2. The van der Waals surface area contributed by atoms with Crippen LogP contribution in [0.4, 0.5) is 4.79 Å². The van der Waals surface area contributed by atoms with Crippen LogP contribution in [0.2, 0.25) is 0 Å². The Kier molecular flexibility index (Phi) is 5.42. The smallest absolute Gasteiger partial charge is 0.408 e. The molecule has 1 aliphatic carbocycles. The largest absolute Gasteiger partial charge is 0.480 e. The van der Waals surface area contributed by atoms with Gasteiger partial charge in [-0.05, 0) is 45.4 Å². The van der Waals surface area contributed by atoms with Crippen molar-refractivity contribution in [1.82, 2.24) is 5.32 Å². The lowest BCUT2D eigenvalue weighted by Gasteiger charge is -2.35. The number of hydrogen-bond donors (Lipinski definition) is 2. The normalized spacial score (nSPS) is 20.0. The zero-order chi connectivity index (χ0) is 15.4. The van der Waals surface area contributed by atoms with Crippen LogP contribution < -0.4 is 5.32 Å². The molecule has 5 heteroatoms. The van der Waals surface area contributed by atoms with Crippen molar-refractivity contribution >= 4 is 12.1 Å². The van der Waals surface area contributed by atoms with Gasteiger partial charge in [0, 0.05) is 0 Å². The molecule has 0 aromatic carbocycles. The number of hydrogen-bond acceptors (Lipinski definition) is 3. The minimum atomic E-state index is -0.998. The lowest BCUT2D eigenvalue weighted by atomic mass is 9.72. The van der Waals surface area contributed by atoms with E-state index >= 15 is 0 Å². The summed E-state index contributed by atoms with van der Waals surface area (Å²) >= 11 is 0. The van der Waals surface area contributed by atoms with E-state index in [0.29, 0.717) is 6.42 Å². The van der Waals surface area contributed by atoms with Gasteiger partial charge >= 0.3 is 12.1 Å². The predicted octanol–water partition coefficient (Wildman–Crippen LogP) is 3.32. The highest BCUT2D eigenvalue weighted by Gasteiger charge is 2.34. The number of alkyl carbamates (subject to hydrolysis) is 1. The number of amides is 1. The van der Waals surface area contributed by atoms with Gasteiger partial charge in [-0.2, -0.15) is 0 Å². The van der Waals surface area contributed by atoms with Crippen LogP contribution in [0.15, 0.2) is 0 Å². The highest BCUT2D eigenvalue weighted by atomic mass is 16.6. The molecule has 2 N–H and O–H groups in total. The lowest BCUT2D eigenvalue weighted by Crippen LogP contribution is -2.46. The molecule has 0 radical (unpaired) electrons. The Bertz CT molecular complexity index is 353. The maximum Gasteiger partial charge on any atom is 0.408 e. The molecule has 1 amide bonds. The fourth-order valence-electron chi connectivity index (χ4n) is 2.75. The first kappa shape index (κ1) is 16.8. The van der Waals surface area contributed by atoms with Gasteiger partial charge in [0.1, 0.15) is 11.6 Å². The molecular formula is C15H27NO4. The third-order valence-corrected chi connectivity index (χ3v) is 3.75. The zero-order valence-corrected chi connectivity index (χ0v) is 13.0. The van der Waals surface area contributed by atoms with Crippen molar-refractivity contribution in [2.45, 2.75) is 77.9 Å². The molecule has 1 unspecified atom stereocenters. The Hall–Kier alpha value is -1.26. The molecular weight excluding hydrogens is 258 g/mol. The summed E-state index contributed by atoms with van der Waals surface area (Å²) < 4.78 is 5.13. The van der Waals surface area contributed by atoms with Gasteiger partial charge in [-0.1, -0.05) is 26.2 Å². The van der Waals surface area contributed by atoms with E-state index in [-0.39, 0.29) is 5.41 Å². The second-order valence-electron chi connectivity index (χ2n) is 7.11. The van der Waals surface area contributed by atoms with E-state index in [4.69, 9.17) is 4.74 Å². The first-order valence-corrected chi connectivity index (χ1v) is 7.34. The Labute approximate surface area is 121 Å².